The molecule has 0 amide bonds. The highest BCUT2D eigenvalue weighted by Crippen LogP contribution is 2.62. The summed E-state index contributed by atoms with van der Waals surface area (Å²) in [6.45, 7) is 6.34. The number of allylic oxidation sites excluding steroid dienone is 1. The lowest BCUT2D eigenvalue weighted by Gasteiger charge is -2.59. The Morgan fingerprint density at radius 1 is 1.10 bits per heavy atom. The molecule has 2 aromatic carbocycles. The zero-order chi connectivity index (χ0) is 36.2. The average molecular weight is 720 g/mol. The number of oxime groups is 1. The van der Waals surface area contributed by atoms with Crippen LogP contribution in [0.5, 0.6) is 11.5 Å². The fraction of sp³-hybridized carbons (Fsp3) is 0.487. The number of hydrogen-bond acceptors (Lipinski definition) is 10. The van der Waals surface area contributed by atoms with Gasteiger partial charge in [0.25, 0.3) is 0 Å². The molecule has 1 fully saturated rings. The fourth-order valence-corrected chi connectivity index (χ4v) is 9.99. The molecule has 6 atom stereocenters. The molecule has 0 bridgehead atoms. The Balaban J connectivity index is 1.59. The van der Waals surface area contributed by atoms with Gasteiger partial charge in [-0.15, -0.1) is 6.58 Å². The topological polar surface area (TPSA) is 151 Å². The molecule has 0 saturated heterocycles. The van der Waals surface area contributed by atoms with Gasteiger partial charge in [0.05, 0.1) is 29.8 Å². The Morgan fingerprint density at radius 2 is 1.86 bits per heavy atom. The van der Waals surface area contributed by atoms with Crippen molar-refractivity contribution in [3.63, 3.8) is 0 Å². The molecule has 0 radical (unpaired) electrons. The maximum atomic E-state index is 14.8. The van der Waals surface area contributed by atoms with Gasteiger partial charge in [0, 0.05) is 49.7 Å². The Bertz CT molecular complexity index is 1880. The smallest absolute Gasteiger partial charge is 0.245 e. The highest BCUT2D eigenvalue weighted by molar-refractivity contribution is 7.89. The molecule has 51 heavy (non-hydrogen) atoms. The normalized spacial score (nSPS) is 26.3. The predicted octanol–water partition coefficient (Wildman–Crippen LogP) is 5.91. The summed E-state index contributed by atoms with van der Waals surface area (Å²) in [6, 6.07) is 12.8. The number of nitrogens with zero attached hydrogens (tertiary/aromatic N) is 3. The Labute approximate surface area is 300 Å². The van der Waals surface area contributed by atoms with E-state index in [0.717, 1.165) is 36.8 Å². The lowest BCUT2D eigenvalue weighted by Crippen LogP contribution is -2.69. The minimum absolute atomic E-state index is 0.0106. The number of benzene rings is 2. The number of pyridine rings is 1. The number of para-hydroxylation sites is 1. The van der Waals surface area contributed by atoms with E-state index >= 15 is 0 Å². The maximum absolute atomic E-state index is 14.8. The molecule has 0 unspecified atom stereocenters. The number of aromatic nitrogens is 1. The van der Waals surface area contributed by atoms with Crippen LogP contribution in [0.25, 0.3) is 10.9 Å². The van der Waals surface area contributed by atoms with Gasteiger partial charge in [0.2, 0.25) is 15.8 Å². The first-order chi connectivity index (χ1) is 24.7. The van der Waals surface area contributed by atoms with Crippen LogP contribution in [-0.2, 0) is 19.6 Å². The second-order valence-electron chi connectivity index (χ2n) is 13.6. The third-order valence-corrected chi connectivity index (χ3v) is 12.6. The van der Waals surface area contributed by atoms with Gasteiger partial charge < -0.3 is 29.6 Å². The van der Waals surface area contributed by atoms with Gasteiger partial charge in [-0.05, 0) is 80.3 Å². The van der Waals surface area contributed by atoms with Gasteiger partial charge in [-0.3, -0.25) is 4.98 Å². The molecule has 12 heteroatoms. The van der Waals surface area contributed by atoms with Crippen LogP contribution in [0.3, 0.4) is 0 Å². The van der Waals surface area contributed by atoms with Crippen molar-refractivity contribution in [1.82, 2.24) is 9.29 Å². The van der Waals surface area contributed by atoms with Crippen molar-refractivity contribution in [2.45, 2.75) is 74.5 Å². The molecule has 0 spiro atoms. The lowest BCUT2D eigenvalue weighted by atomic mass is 9.55. The van der Waals surface area contributed by atoms with E-state index in [9.17, 15) is 23.7 Å². The van der Waals surface area contributed by atoms with Crippen molar-refractivity contribution in [2.75, 3.05) is 33.5 Å². The van der Waals surface area contributed by atoms with Crippen molar-refractivity contribution < 1.29 is 38.0 Å². The van der Waals surface area contributed by atoms with Crippen LogP contribution >= 0.6 is 0 Å². The van der Waals surface area contributed by atoms with E-state index in [1.165, 1.54) is 4.31 Å². The Morgan fingerprint density at radius 3 is 2.61 bits per heavy atom. The summed E-state index contributed by atoms with van der Waals surface area (Å²) < 4.78 is 44.8. The standard InChI is InChI=1S/C39H49N3O8S/c1-4-22-48-39-35(42(3)51(46,47)34-16-10-13-26-14-11-19-40-38(26)34)25-32(41-49-5-2)30-23-27(12-6-8-20-43)29(15-7-9-21-44)36(37(30)39)31-24-28(45)17-18-33(31)50-39/h4,10-11,13-14,16-19,23-24,27,29,35-37,43-45H,1,5-9,12,15,20-22,25H2,2-3H3/t27-,29+,35-,36+,37+,39+/m0/s1. The average Bonchev–Trinajstić information content (AvgIpc) is 3.14. The zero-order valence-electron chi connectivity index (χ0n) is 29.4. The summed E-state index contributed by atoms with van der Waals surface area (Å²) >= 11 is 0. The fourth-order valence-electron chi connectivity index (χ4n) is 8.46. The highest BCUT2D eigenvalue weighted by Gasteiger charge is 2.65. The molecule has 3 N–H and O–H groups in total. The number of fused-ring (bicyclic) bond motifs is 3. The minimum atomic E-state index is -4.21. The minimum Gasteiger partial charge on any atom is -0.508 e. The van der Waals surface area contributed by atoms with Crippen molar-refractivity contribution in [3.05, 3.63) is 84.6 Å². The third-order valence-electron chi connectivity index (χ3n) is 10.7. The largest absolute Gasteiger partial charge is 0.508 e. The number of ether oxygens (including phenoxy) is 2. The van der Waals surface area contributed by atoms with Crippen molar-refractivity contribution in [1.29, 1.82) is 0 Å². The van der Waals surface area contributed by atoms with E-state index in [-0.39, 0.29) is 54.6 Å². The molecule has 2 heterocycles. The van der Waals surface area contributed by atoms with Crippen LogP contribution < -0.4 is 4.74 Å². The number of aromatic hydroxyl groups is 1. The van der Waals surface area contributed by atoms with Crippen LogP contribution in [0.2, 0.25) is 0 Å². The lowest BCUT2D eigenvalue weighted by molar-refractivity contribution is -0.250. The van der Waals surface area contributed by atoms with Crippen molar-refractivity contribution >= 4 is 26.6 Å². The number of rotatable bonds is 16. The third kappa shape index (κ3) is 6.92. The van der Waals surface area contributed by atoms with Crippen LogP contribution in [0.15, 0.2) is 89.1 Å². The molecule has 3 aliphatic rings. The molecule has 3 aromatic rings. The Kier molecular flexibility index (Phi) is 11.5. The van der Waals surface area contributed by atoms with Gasteiger partial charge in [-0.1, -0.05) is 48.3 Å². The van der Waals surface area contributed by atoms with E-state index in [4.69, 9.17) is 14.3 Å². The number of phenols is 1. The highest BCUT2D eigenvalue weighted by atomic mass is 32.2. The van der Waals surface area contributed by atoms with Crippen LogP contribution in [0.1, 0.15) is 63.4 Å². The summed E-state index contributed by atoms with van der Waals surface area (Å²) in [6.07, 6.45) is 10.0. The van der Waals surface area contributed by atoms with Gasteiger partial charge in [0.1, 0.15) is 23.0 Å². The number of likely N-dealkylation sites (N-methyl/N-ethyl adjacent to an activating group) is 1. The van der Waals surface area contributed by atoms with Crippen molar-refractivity contribution in [2.24, 2.45) is 22.9 Å². The monoisotopic (exact) mass is 719 g/mol. The molecule has 274 valence electrons. The first-order valence-corrected chi connectivity index (χ1v) is 19.4. The summed E-state index contributed by atoms with van der Waals surface area (Å²) in [7, 11) is -2.66. The van der Waals surface area contributed by atoms with E-state index in [1.807, 2.05) is 19.1 Å². The van der Waals surface area contributed by atoms with Crippen LogP contribution in [0.4, 0.5) is 0 Å². The van der Waals surface area contributed by atoms with E-state index in [0.29, 0.717) is 41.8 Å². The van der Waals surface area contributed by atoms with Crippen molar-refractivity contribution in [3.8, 4) is 11.5 Å². The van der Waals surface area contributed by atoms with Gasteiger partial charge in [-0.2, -0.15) is 4.31 Å². The summed E-state index contributed by atoms with van der Waals surface area (Å²) in [5.74, 6) is -1.70. The maximum Gasteiger partial charge on any atom is 0.245 e. The van der Waals surface area contributed by atoms with Gasteiger partial charge >= 0.3 is 0 Å². The second kappa shape index (κ2) is 15.8. The van der Waals surface area contributed by atoms with Gasteiger partial charge in [-0.25, -0.2) is 8.42 Å². The first kappa shape index (κ1) is 37.0. The number of phenolic OH excluding ortho intramolecular Hbond substituents is 1. The molecule has 11 nitrogen and oxygen atoms in total. The van der Waals surface area contributed by atoms with E-state index in [2.05, 4.69) is 22.8 Å². The molecule has 6 rings (SSSR count). The second-order valence-corrected chi connectivity index (χ2v) is 15.5. The molecule has 1 aliphatic heterocycles. The number of aliphatic hydroxyl groups excluding tert-OH is 2. The zero-order valence-corrected chi connectivity index (χ0v) is 30.2. The molecule has 1 aromatic heterocycles. The number of sulfonamides is 1. The molecule has 2 aliphatic carbocycles. The van der Waals surface area contributed by atoms with E-state index < -0.39 is 27.8 Å². The van der Waals surface area contributed by atoms with Gasteiger partial charge in [0.15, 0.2) is 0 Å². The number of hydrogen-bond donors (Lipinski definition) is 3. The molecule has 1 saturated carbocycles. The summed E-state index contributed by atoms with van der Waals surface area (Å²) in [4.78, 5) is 10.2. The first-order valence-electron chi connectivity index (χ1n) is 17.9. The summed E-state index contributed by atoms with van der Waals surface area (Å²) in [5.41, 5.74) is 2.65. The number of aliphatic hydroxyl groups is 2. The van der Waals surface area contributed by atoms with E-state index in [1.54, 1.807) is 55.7 Å². The quantitative estimate of drug-likeness (QED) is 0.0932. The SMILES string of the molecule is C=CCO[C@@]12Oc3ccc(O)cc3[C@H]3[C@H](CCCCO)[C@@H](CCCCO)C=C(C(=NOCC)C[C@@H]1N(C)S(=O)(=O)c1cccc4cccnc14)[C@H]32. The summed E-state index contributed by atoms with van der Waals surface area (Å²) in [5, 5.41) is 35.6. The van der Waals surface area contributed by atoms with Crippen LogP contribution in [-0.4, -0.2) is 84.0 Å². The predicted molar refractivity (Wildman–Crippen MR) is 195 cm³/mol. The number of unbranched alkanes of at least 4 members (excludes halogenated alkanes) is 2. The Hall–Kier alpha value is -3.81. The van der Waals surface area contributed by atoms with Crippen LogP contribution in [0, 0.1) is 17.8 Å². The molecular weight excluding hydrogens is 671 g/mol. The molecular formula is C39H49N3O8S.